The van der Waals surface area contributed by atoms with Crippen molar-refractivity contribution < 1.29 is 14.3 Å². The molecule has 0 aliphatic rings. The molecule has 7 heteroatoms. The van der Waals surface area contributed by atoms with Crippen LogP contribution in [0.1, 0.15) is 15.9 Å². The first kappa shape index (κ1) is 18.9. The molecule has 6 nitrogen and oxygen atoms in total. The number of ether oxygens (including phenoxy) is 2. The number of esters is 1. The van der Waals surface area contributed by atoms with Crippen molar-refractivity contribution in [1.29, 1.82) is 0 Å². The van der Waals surface area contributed by atoms with Crippen molar-refractivity contribution in [3.8, 4) is 16.9 Å². The molecule has 0 aliphatic carbocycles. The molecular formula is C22H19N3O3S. The second-order valence-electron chi connectivity index (χ2n) is 6.30. The van der Waals surface area contributed by atoms with E-state index in [1.54, 1.807) is 29.8 Å². The summed E-state index contributed by atoms with van der Waals surface area (Å²) >= 11 is 1.59. The van der Waals surface area contributed by atoms with Crippen molar-refractivity contribution in [2.75, 3.05) is 19.5 Å². The van der Waals surface area contributed by atoms with Crippen LogP contribution < -0.4 is 10.1 Å². The molecule has 4 rings (SSSR count). The van der Waals surface area contributed by atoms with Crippen LogP contribution in [0.15, 0.2) is 60.2 Å². The summed E-state index contributed by atoms with van der Waals surface area (Å²) < 4.78 is 10.1. The third-order valence-electron chi connectivity index (χ3n) is 4.58. The number of carbonyl (C=O) groups is 1. The summed E-state index contributed by atoms with van der Waals surface area (Å²) in [5, 5.41) is 6.48. The third-order valence-corrected chi connectivity index (χ3v) is 5.47. The van der Waals surface area contributed by atoms with Crippen LogP contribution in [-0.4, -0.2) is 30.2 Å². The van der Waals surface area contributed by atoms with E-state index in [1.807, 2.05) is 24.3 Å². The number of hydrogen-bond donors (Lipinski definition) is 1. The molecule has 0 saturated carbocycles. The summed E-state index contributed by atoms with van der Waals surface area (Å²) in [5.74, 6) is 0.803. The van der Waals surface area contributed by atoms with Crippen LogP contribution in [-0.2, 0) is 11.3 Å². The van der Waals surface area contributed by atoms with E-state index in [-0.39, 0.29) is 0 Å². The highest BCUT2D eigenvalue weighted by Gasteiger charge is 2.15. The first-order valence-corrected chi connectivity index (χ1v) is 9.86. The van der Waals surface area contributed by atoms with Crippen LogP contribution in [0.4, 0.5) is 5.82 Å². The van der Waals surface area contributed by atoms with Gasteiger partial charge in [-0.1, -0.05) is 36.4 Å². The smallest absolute Gasteiger partial charge is 0.341 e. The Labute approximate surface area is 172 Å². The highest BCUT2D eigenvalue weighted by Crippen LogP contribution is 2.36. The molecular weight excluding hydrogens is 386 g/mol. The molecule has 1 N–H and O–H groups in total. The van der Waals surface area contributed by atoms with Gasteiger partial charge >= 0.3 is 5.97 Å². The Kier molecular flexibility index (Phi) is 5.39. The van der Waals surface area contributed by atoms with Gasteiger partial charge in [0.2, 0.25) is 0 Å². The van der Waals surface area contributed by atoms with E-state index in [1.165, 1.54) is 14.2 Å². The van der Waals surface area contributed by atoms with Crippen molar-refractivity contribution in [3.63, 3.8) is 0 Å². The van der Waals surface area contributed by atoms with Crippen molar-refractivity contribution in [2.45, 2.75) is 6.54 Å². The fourth-order valence-corrected chi connectivity index (χ4v) is 4.08. The lowest BCUT2D eigenvalue weighted by Crippen LogP contribution is -2.07. The molecule has 0 saturated heterocycles. The topological polar surface area (TPSA) is 73.3 Å². The monoisotopic (exact) mass is 405 g/mol. The Morgan fingerprint density at radius 3 is 2.69 bits per heavy atom. The molecule has 2 aromatic heterocycles. The number of carbonyl (C=O) groups excluding carboxylic acids is 1. The number of hydrogen-bond acceptors (Lipinski definition) is 7. The van der Waals surface area contributed by atoms with Crippen LogP contribution in [0.25, 0.3) is 21.3 Å². The second-order valence-corrected chi connectivity index (χ2v) is 7.16. The lowest BCUT2D eigenvalue weighted by molar-refractivity contribution is 0.0597. The van der Waals surface area contributed by atoms with Gasteiger partial charge in [-0.3, -0.25) is 0 Å². The zero-order valence-corrected chi connectivity index (χ0v) is 16.8. The summed E-state index contributed by atoms with van der Waals surface area (Å²) in [6.07, 6.45) is 1.56. The number of aromatic nitrogens is 2. The maximum absolute atomic E-state index is 12.0. The SMILES string of the molecule is COC(=O)c1cc(CNc2ncnc3scc(-c4ccccc4)c23)ccc1OC. The Balaban J connectivity index is 1.66. The number of methoxy groups -OCH3 is 2. The van der Waals surface area contributed by atoms with E-state index in [2.05, 4.69) is 32.8 Å². The minimum Gasteiger partial charge on any atom is -0.496 e. The average Bonchev–Trinajstić information content (AvgIpc) is 3.22. The number of nitrogens with one attached hydrogen (secondary N) is 1. The van der Waals surface area contributed by atoms with Gasteiger partial charge in [0.15, 0.2) is 0 Å². The molecule has 0 atom stereocenters. The predicted molar refractivity (Wildman–Crippen MR) is 115 cm³/mol. The van der Waals surface area contributed by atoms with E-state index in [9.17, 15) is 4.79 Å². The molecule has 146 valence electrons. The van der Waals surface area contributed by atoms with Crippen LogP contribution in [0.5, 0.6) is 5.75 Å². The quantitative estimate of drug-likeness (QED) is 0.466. The molecule has 0 aliphatic heterocycles. The highest BCUT2D eigenvalue weighted by molar-refractivity contribution is 7.17. The van der Waals surface area contributed by atoms with Gasteiger partial charge in [-0.15, -0.1) is 11.3 Å². The van der Waals surface area contributed by atoms with Crippen molar-refractivity contribution in [3.05, 3.63) is 71.4 Å². The molecule has 4 aromatic rings. The molecule has 0 unspecified atom stereocenters. The predicted octanol–water partition coefficient (Wildman–Crippen LogP) is 4.77. The van der Waals surface area contributed by atoms with E-state index in [0.29, 0.717) is 17.9 Å². The van der Waals surface area contributed by atoms with Crippen molar-refractivity contribution in [2.24, 2.45) is 0 Å². The lowest BCUT2D eigenvalue weighted by atomic mass is 10.1. The van der Waals surface area contributed by atoms with Gasteiger partial charge in [0.25, 0.3) is 0 Å². The fraction of sp³-hybridized carbons (Fsp3) is 0.136. The molecule has 29 heavy (non-hydrogen) atoms. The minimum absolute atomic E-state index is 0.391. The highest BCUT2D eigenvalue weighted by atomic mass is 32.1. The Hall–Kier alpha value is -3.45. The number of benzene rings is 2. The van der Waals surface area contributed by atoms with E-state index >= 15 is 0 Å². The summed E-state index contributed by atoms with van der Waals surface area (Å²) in [4.78, 5) is 21.8. The molecule has 0 bridgehead atoms. The van der Waals surface area contributed by atoms with Crippen LogP contribution in [0, 0.1) is 0 Å². The number of rotatable bonds is 6. The van der Waals surface area contributed by atoms with Crippen LogP contribution >= 0.6 is 11.3 Å². The van der Waals surface area contributed by atoms with E-state index in [4.69, 9.17) is 9.47 Å². The number of thiophene rings is 1. The zero-order chi connectivity index (χ0) is 20.2. The third kappa shape index (κ3) is 3.77. The number of fused-ring (bicyclic) bond motifs is 1. The summed E-state index contributed by atoms with van der Waals surface area (Å²) in [7, 11) is 2.88. The number of nitrogens with zero attached hydrogens (tertiary/aromatic N) is 2. The van der Waals surface area contributed by atoms with Gasteiger partial charge in [0.05, 0.1) is 19.6 Å². The maximum atomic E-state index is 12.0. The molecule has 2 heterocycles. The van der Waals surface area contributed by atoms with Gasteiger partial charge in [0.1, 0.15) is 28.3 Å². The maximum Gasteiger partial charge on any atom is 0.341 e. The van der Waals surface area contributed by atoms with Crippen LogP contribution in [0.3, 0.4) is 0 Å². The van der Waals surface area contributed by atoms with Crippen molar-refractivity contribution >= 4 is 33.3 Å². The Morgan fingerprint density at radius 1 is 1.10 bits per heavy atom. The standard InChI is InChI=1S/C22H19N3O3S/c1-27-18-9-8-14(10-16(18)22(26)28-2)11-23-20-19-17(15-6-4-3-5-7-15)12-29-21(19)25-13-24-20/h3-10,12-13H,11H2,1-2H3,(H,23,24,25). The summed E-state index contributed by atoms with van der Waals surface area (Å²) in [5.41, 5.74) is 3.52. The summed E-state index contributed by atoms with van der Waals surface area (Å²) in [6.45, 7) is 0.490. The van der Waals surface area contributed by atoms with Gasteiger partial charge in [-0.2, -0.15) is 0 Å². The van der Waals surface area contributed by atoms with Crippen molar-refractivity contribution in [1.82, 2.24) is 9.97 Å². The van der Waals surface area contributed by atoms with E-state index in [0.717, 1.165) is 32.7 Å². The lowest BCUT2D eigenvalue weighted by Gasteiger charge is -2.11. The Bertz CT molecular complexity index is 1160. The largest absolute Gasteiger partial charge is 0.496 e. The minimum atomic E-state index is -0.433. The zero-order valence-electron chi connectivity index (χ0n) is 16.0. The van der Waals surface area contributed by atoms with E-state index < -0.39 is 5.97 Å². The second kappa shape index (κ2) is 8.28. The molecule has 2 aromatic carbocycles. The van der Waals surface area contributed by atoms with Gasteiger partial charge in [-0.05, 0) is 23.3 Å². The molecule has 0 fully saturated rings. The average molecular weight is 405 g/mol. The normalized spacial score (nSPS) is 10.7. The number of anilines is 1. The van der Waals surface area contributed by atoms with Gasteiger partial charge < -0.3 is 14.8 Å². The molecule has 0 spiro atoms. The van der Waals surface area contributed by atoms with Gasteiger partial charge in [0, 0.05) is 17.5 Å². The first-order valence-electron chi connectivity index (χ1n) is 8.98. The fourth-order valence-electron chi connectivity index (χ4n) is 3.16. The molecule has 0 amide bonds. The van der Waals surface area contributed by atoms with Gasteiger partial charge in [-0.25, -0.2) is 14.8 Å². The summed E-state index contributed by atoms with van der Waals surface area (Å²) in [6, 6.07) is 15.6. The molecule has 0 radical (unpaired) electrons. The van der Waals surface area contributed by atoms with Crippen LogP contribution in [0.2, 0.25) is 0 Å². The Morgan fingerprint density at radius 2 is 1.93 bits per heavy atom. The first-order chi connectivity index (χ1) is 14.2.